The van der Waals surface area contributed by atoms with Crippen molar-refractivity contribution in [3.8, 4) is 0 Å². The third-order valence-corrected chi connectivity index (χ3v) is 4.73. The summed E-state index contributed by atoms with van der Waals surface area (Å²) < 4.78 is 24.3. The predicted octanol–water partition coefficient (Wildman–Crippen LogP) is -0.456. The number of nitrogens with zero attached hydrogens (tertiary/aromatic N) is 1. The van der Waals surface area contributed by atoms with Gasteiger partial charge >= 0.3 is 0 Å². The molecule has 0 aliphatic carbocycles. The number of sulfonamides is 1. The third-order valence-electron chi connectivity index (χ3n) is 3.44. The largest absolute Gasteiger partial charge is 0.396 e. The highest BCUT2D eigenvalue weighted by Crippen LogP contribution is 2.20. The summed E-state index contributed by atoms with van der Waals surface area (Å²) >= 11 is 0. The number of carbonyl (C=O) groups is 1. The molecule has 0 saturated carbocycles. The maximum absolute atomic E-state index is 12.0. The van der Waals surface area contributed by atoms with Crippen LogP contribution in [0.1, 0.15) is 26.7 Å². The Balaban J connectivity index is 2.67. The van der Waals surface area contributed by atoms with Crippen LogP contribution in [-0.2, 0) is 14.8 Å². The Morgan fingerprint density at radius 2 is 2.11 bits per heavy atom. The summed E-state index contributed by atoms with van der Waals surface area (Å²) in [4.78, 5) is 12.0. The highest BCUT2D eigenvalue weighted by atomic mass is 32.2. The fraction of sp³-hybridized carbons (Fsp3) is 0.909. The van der Waals surface area contributed by atoms with Crippen LogP contribution < -0.4 is 5.32 Å². The topological polar surface area (TPSA) is 86.7 Å². The van der Waals surface area contributed by atoms with Crippen LogP contribution in [0.3, 0.4) is 0 Å². The van der Waals surface area contributed by atoms with E-state index in [1.165, 1.54) is 4.31 Å². The Kier molecular flexibility index (Phi) is 5.12. The molecule has 0 aromatic heterocycles. The van der Waals surface area contributed by atoms with Gasteiger partial charge in [0.05, 0.1) is 6.26 Å². The van der Waals surface area contributed by atoms with Crippen LogP contribution >= 0.6 is 0 Å². The second-order valence-electron chi connectivity index (χ2n) is 4.99. The lowest BCUT2D eigenvalue weighted by Gasteiger charge is -2.25. The molecule has 3 unspecified atom stereocenters. The average molecular weight is 278 g/mol. The van der Waals surface area contributed by atoms with Crippen molar-refractivity contribution in [1.82, 2.24) is 9.62 Å². The third kappa shape index (κ3) is 3.66. The Bertz CT molecular complexity index is 396. The van der Waals surface area contributed by atoms with E-state index in [4.69, 9.17) is 5.11 Å². The minimum atomic E-state index is -3.34. The first-order valence-electron chi connectivity index (χ1n) is 6.15. The lowest BCUT2D eigenvalue weighted by molar-refractivity contribution is -0.125. The molecule has 0 spiro atoms. The van der Waals surface area contributed by atoms with Crippen LogP contribution in [0.25, 0.3) is 0 Å². The van der Waals surface area contributed by atoms with Crippen molar-refractivity contribution in [2.24, 2.45) is 5.92 Å². The molecule has 1 heterocycles. The van der Waals surface area contributed by atoms with Gasteiger partial charge in [-0.1, -0.05) is 6.92 Å². The maximum atomic E-state index is 12.0. The van der Waals surface area contributed by atoms with Crippen LogP contribution in [-0.4, -0.2) is 55.2 Å². The van der Waals surface area contributed by atoms with Crippen molar-refractivity contribution in [2.75, 3.05) is 19.4 Å². The van der Waals surface area contributed by atoms with Crippen LogP contribution in [0.15, 0.2) is 0 Å². The summed E-state index contributed by atoms with van der Waals surface area (Å²) in [6, 6.07) is -0.780. The van der Waals surface area contributed by atoms with Crippen LogP contribution in [0.5, 0.6) is 0 Å². The summed E-state index contributed by atoms with van der Waals surface area (Å²) in [5, 5.41) is 11.8. The van der Waals surface area contributed by atoms with E-state index >= 15 is 0 Å². The quantitative estimate of drug-likeness (QED) is 0.713. The molecule has 18 heavy (non-hydrogen) atoms. The zero-order valence-electron chi connectivity index (χ0n) is 11.1. The molecule has 1 amide bonds. The van der Waals surface area contributed by atoms with E-state index in [0.717, 1.165) is 6.26 Å². The van der Waals surface area contributed by atoms with E-state index in [1.54, 1.807) is 6.92 Å². The monoisotopic (exact) mass is 278 g/mol. The first kappa shape index (κ1) is 15.4. The van der Waals surface area contributed by atoms with E-state index in [2.05, 4.69) is 5.32 Å². The lowest BCUT2D eigenvalue weighted by Crippen LogP contribution is -2.49. The molecule has 0 bridgehead atoms. The summed E-state index contributed by atoms with van der Waals surface area (Å²) in [5.41, 5.74) is 0. The Morgan fingerprint density at radius 1 is 1.50 bits per heavy atom. The van der Waals surface area contributed by atoms with E-state index in [9.17, 15) is 13.2 Å². The molecule has 1 saturated heterocycles. The van der Waals surface area contributed by atoms with Gasteiger partial charge in [0.1, 0.15) is 6.04 Å². The molecular formula is C11H22N2O4S. The summed E-state index contributed by atoms with van der Waals surface area (Å²) in [6.45, 7) is 4.02. The van der Waals surface area contributed by atoms with Gasteiger partial charge in [0.2, 0.25) is 15.9 Å². The molecule has 1 fully saturated rings. The standard InChI is InChI=1S/C11H22N2O4S/c1-8(7-14)9(2)12-11(15)10-5-4-6-13(10)18(3,16)17/h8-10,14H,4-7H2,1-3H3,(H,12,15). The fourth-order valence-corrected chi connectivity index (χ4v) is 3.14. The van der Waals surface area contributed by atoms with Crippen molar-refractivity contribution in [3.05, 3.63) is 0 Å². The normalized spacial score (nSPS) is 24.8. The minimum Gasteiger partial charge on any atom is -0.396 e. The number of hydrogen-bond acceptors (Lipinski definition) is 4. The van der Waals surface area contributed by atoms with Crippen molar-refractivity contribution >= 4 is 15.9 Å². The molecule has 0 aromatic carbocycles. The van der Waals surface area contributed by atoms with Gasteiger partial charge in [-0.05, 0) is 25.7 Å². The zero-order valence-corrected chi connectivity index (χ0v) is 11.9. The summed E-state index contributed by atoms with van der Waals surface area (Å²) in [6.07, 6.45) is 2.38. The number of nitrogens with one attached hydrogen (secondary N) is 1. The average Bonchev–Trinajstić information content (AvgIpc) is 2.76. The Hall–Kier alpha value is -0.660. The molecular weight excluding hydrogens is 256 g/mol. The van der Waals surface area contributed by atoms with Gasteiger partial charge in [0, 0.05) is 19.2 Å². The molecule has 0 radical (unpaired) electrons. The number of aliphatic hydroxyl groups excluding tert-OH is 1. The van der Waals surface area contributed by atoms with Crippen molar-refractivity contribution in [1.29, 1.82) is 0 Å². The zero-order chi connectivity index (χ0) is 13.9. The van der Waals surface area contributed by atoms with Crippen molar-refractivity contribution < 1.29 is 18.3 Å². The van der Waals surface area contributed by atoms with E-state index in [1.807, 2.05) is 6.92 Å². The highest BCUT2D eigenvalue weighted by molar-refractivity contribution is 7.88. The second kappa shape index (κ2) is 5.99. The van der Waals surface area contributed by atoms with Gasteiger partial charge in [-0.25, -0.2) is 8.42 Å². The molecule has 6 nitrogen and oxygen atoms in total. The van der Waals surface area contributed by atoms with E-state index in [-0.39, 0.29) is 24.5 Å². The van der Waals surface area contributed by atoms with Gasteiger partial charge in [-0.3, -0.25) is 4.79 Å². The molecule has 1 aliphatic rings. The van der Waals surface area contributed by atoms with Gasteiger partial charge in [-0.15, -0.1) is 0 Å². The number of aliphatic hydroxyl groups is 1. The molecule has 1 aliphatic heterocycles. The van der Waals surface area contributed by atoms with Crippen LogP contribution in [0, 0.1) is 5.92 Å². The number of amides is 1. The van der Waals surface area contributed by atoms with Gasteiger partial charge in [0.25, 0.3) is 0 Å². The molecule has 0 aromatic rings. The molecule has 2 N–H and O–H groups in total. The van der Waals surface area contributed by atoms with E-state index < -0.39 is 16.1 Å². The van der Waals surface area contributed by atoms with Crippen molar-refractivity contribution in [3.63, 3.8) is 0 Å². The molecule has 7 heteroatoms. The highest BCUT2D eigenvalue weighted by Gasteiger charge is 2.36. The number of hydrogen-bond donors (Lipinski definition) is 2. The Labute approximate surface area is 108 Å². The number of rotatable bonds is 5. The maximum Gasteiger partial charge on any atom is 0.238 e. The molecule has 106 valence electrons. The lowest BCUT2D eigenvalue weighted by atomic mass is 10.0. The van der Waals surface area contributed by atoms with Crippen molar-refractivity contribution in [2.45, 2.75) is 38.8 Å². The first-order chi connectivity index (χ1) is 8.27. The summed E-state index contributed by atoms with van der Waals surface area (Å²) in [5.74, 6) is -0.326. The number of carbonyl (C=O) groups excluding carboxylic acids is 1. The van der Waals surface area contributed by atoms with Gasteiger partial charge in [0.15, 0.2) is 0 Å². The molecule has 3 atom stereocenters. The van der Waals surface area contributed by atoms with Gasteiger partial charge < -0.3 is 10.4 Å². The minimum absolute atomic E-state index is 0.0120. The smallest absolute Gasteiger partial charge is 0.238 e. The Morgan fingerprint density at radius 3 is 2.61 bits per heavy atom. The van der Waals surface area contributed by atoms with E-state index in [0.29, 0.717) is 19.4 Å². The first-order valence-corrected chi connectivity index (χ1v) is 8.00. The predicted molar refractivity (Wildman–Crippen MR) is 68.4 cm³/mol. The SMILES string of the molecule is CC(CO)C(C)NC(=O)C1CCCN1S(C)(=O)=O. The van der Waals surface area contributed by atoms with Crippen LogP contribution in [0.4, 0.5) is 0 Å². The summed E-state index contributed by atoms with van der Waals surface area (Å²) in [7, 11) is -3.34. The fourth-order valence-electron chi connectivity index (χ4n) is 2.02. The van der Waals surface area contributed by atoms with Crippen LogP contribution in [0.2, 0.25) is 0 Å². The van der Waals surface area contributed by atoms with Gasteiger partial charge in [-0.2, -0.15) is 4.31 Å². The second-order valence-corrected chi connectivity index (χ2v) is 6.92. The molecule has 1 rings (SSSR count).